The van der Waals surface area contributed by atoms with Gasteiger partial charge in [0.1, 0.15) is 12.0 Å². The maximum absolute atomic E-state index is 12.7. The smallest absolute Gasteiger partial charge is 0.333 e. The Morgan fingerprint density at radius 3 is 2.70 bits per heavy atom. The van der Waals surface area contributed by atoms with Crippen LogP contribution in [0.4, 0.5) is 0 Å². The largest absolute Gasteiger partial charge is 0.493 e. The third-order valence-electron chi connectivity index (χ3n) is 4.51. The average Bonchev–Trinajstić information content (AvgIpc) is 3.08. The van der Waals surface area contributed by atoms with Gasteiger partial charge in [0.15, 0.2) is 17.0 Å². The van der Waals surface area contributed by atoms with Crippen LogP contribution in [-0.4, -0.2) is 31.6 Å². The third kappa shape index (κ3) is 3.89. The van der Waals surface area contributed by atoms with Crippen LogP contribution in [0.5, 0.6) is 5.75 Å². The predicted octanol–water partition coefficient (Wildman–Crippen LogP) is 0.680. The van der Waals surface area contributed by atoms with E-state index in [0.717, 1.165) is 10.9 Å². The maximum Gasteiger partial charge on any atom is 0.333 e. The van der Waals surface area contributed by atoms with E-state index in [1.54, 1.807) is 42.8 Å². The van der Waals surface area contributed by atoms with Gasteiger partial charge in [0.2, 0.25) is 0 Å². The molecule has 0 saturated heterocycles. The number of hydrogen-bond donors (Lipinski definition) is 0. The summed E-state index contributed by atoms with van der Waals surface area (Å²) in [5.41, 5.74) is 0.129. The fourth-order valence-corrected chi connectivity index (χ4v) is 2.84. The fraction of sp³-hybridized carbons (Fsp3) is 0.273. The van der Waals surface area contributed by atoms with Crippen molar-refractivity contribution >= 4 is 17.5 Å². The third-order valence-corrected chi connectivity index (χ3v) is 4.51. The van der Waals surface area contributed by atoms with E-state index in [0.29, 0.717) is 17.1 Å². The molecular formula is C22H20N4O4. The Morgan fingerprint density at radius 1 is 1.23 bits per heavy atom. The van der Waals surface area contributed by atoms with Gasteiger partial charge in [0.25, 0.3) is 5.56 Å². The van der Waals surface area contributed by atoms with Crippen LogP contribution in [-0.2, 0) is 25.4 Å². The van der Waals surface area contributed by atoms with E-state index in [-0.39, 0.29) is 30.2 Å². The van der Waals surface area contributed by atoms with Crippen molar-refractivity contribution in [1.82, 2.24) is 18.7 Å². The summed E-state index contributed by atoms with van der Waals surface area (Å²) in [5.74, 6) is 8.96. The lowest BCUT2D eigenvalue weighted by Crippen LogP contribution is -2.39. The van der Waals surface area contributed by atoms with Crippen LogP contribution in [0, 0.1) is 30.1 Å². The van der Waals surface area contributed by atoms with Crippen molar-refractivity contribution in [2.24, 2.45) is 20.0 Å². The monoisotopic (exact) mass is 404 g/mol. The normalized spacial score (nSPS) is 11.4. The number of carbonyl (C=O) groups is 1. The van der Waals surface area contributed by atoms with Gasteiger partial charge >= 0.3 is 5.69 Å². The van der Waals surface area contributed by atoms with E-state index < -0.39 is 11.2 Å². The molecule has 0 bridgehead atoms. The molecule has 1 unspecified atom stereocenters. The lowest BCUT2D eigenvalue weighted by atomic mass is 10.2. The van der Waals surface area contributed by atoms with E-state index >= 15 is 0 Å². The fourth-order valence-electron chi connectivity index (χ4n) is 2.84. The lowest BCUT2D eigenvalue weighted by molar-refractivity contribution is -0.111. The number of ether oxygens (including phenoxy) is 1. The minimum absolute atomic E-state index is 0.122. The van der Waals surface area contributed by atoms with Crippen molar-refractivity contribution in [3.63, 3.8) is 0 Å². The number of imidazole rings is 1. The molecule has 3 rings (SSSR count). The van der Waals surface area contributed by atoms with E-state index in [9.17, 15) is 14.4 Å². The summed E-state index contributed by atoms with van der Waals surface area (Å²) in [7, 11) is 3.19. The standard InChI is InChI=1S/C22H20N4O4/c1-5-11-26-21(28)19-20(25(4)22(26)29)23-18(24(19)3)10-9-16-7-6-8-17(12-16)30-14-15(2)13-27/h1,6-8,12-13,15H,11,14H2,2-4H3. The number of aryl methyl sites for hydroxylation is 2. The first-order chi connectivity index (χ1) is 14.4. The van der Waals surface area contributed by atoms with E-state index in [2.05, 4.69) is 22.7 Å². The Morgan fingerprint density at radius 2 is 2.00 bits per heavy atom. The van der Waals surface area contributed by atoms with Crippen LogP contribution in [0.1, 0.15) is 18.3 Å². The first kappa shape index (κ1) is 20.7. The first-order valence-electron chi connectivity index (χ1n) is 9.17. The molecule has 2 aromatic heterocycles. The predicted molar refractivity (Wildman–Crippen MR) is 112 cm³/mol. The van der Waals surface area contributed by atoms with Crippen molar-refractivity contribution in [3.8, 4) is 29.9 Å². The number of aldehydes is 1. The van der Waals surface area contributed by atoms with Crippen LogP contribution < -0.4 is 16.0 Å². The molecular weight excluding hydrogens is 384 g/mol. The van der Waals surface area contributed by atoms with Gasteiger partial charge in [0.05, 0.1) is 13.2 Å². The summed E-state index contributed by atoms with van der Waals surface area (Å²) in [4.78, 5) is 40.1. The zero-order valence-electron chi connectivity index (χ0n) is 16.9. The minimum atomic E-state index is -0.530. The van der Waals surface area contributed by atoms with Crippen molar-refractivity contribution in [3.05, 3.63) is 56.5 Å². The molecule has 1 atom stereocenters. The zero-order chi connectivity index (χ0) is 21.8. The number of terminal acetylenes is 1. The summed E-state index contributed by atoms with van der Waals surface area (Å²) in [6.07, 6.45) is 6.11. The Kier molecular flexibility index (Phi) is 5.89. The summed E-state index contributed by atoms with van der Waals surface area (Å²) < 4.78 is 9.40. The minimum Gasteiger partial charge on any atom is -0.493 e. The van der Waals surface area contributed by atoms with Crippen molar-refractivity contribution in [2.75, 3.05) is 6.61 Å². The van der Waals surface area contributed by atoms with E-state index in [1.165, 1.54) is 11.6 Å². The molecule has 0 saturated carbocycles. The SMILES string of the molecule is C#CCn1c(=O)c2c(nc(C#Cc3cccc(OCC(C)C=O)c3)n2C)n(C)c1=O. The topological polar surface area (TPSA) is 88.1 Å². The number of aromatic nitrogens is 4. The van der Waals surface area contributed by atoms with Gasteiger partial charge in [-0.05, 0) is 24.1 Å². The Labute approximate surface area is 172 Å². The molecule has 0 aliphatic carbocycles. The Balaban J connectivity index is 2.01. The highest BCUT2D eigenvalue weighted by Crippen LogP contribution is 2.14. The van der Waals surface area contributed by atoms with Crippen LogP contribution in [0.15, 0.2) is 33.9 Å². The number of rotatable bonds is 5. The molecule has 0 amide bonds. The molecule has 152 valence electrons. The average molecular weight is 404 g/mol. The molecule has 30 heavy (non-hydrogen) atoms. The van der Waals surface area contributed by atoms with Crippen LogP contribution in [0.3, 0.4) is 0 Å². The second kappa shape index (κ2) is 8.54. The van der Waals surface area contributed by atoms with Crippen molar-refractivity contribution in [1.29, 1.82) is 0 Å². The summed E-state index contributed by atoms with van der Waals surface area (Å²) in [5, 5.41) is 0. The van der Waals surface area contributed by atoms with Crippen LogP contribution in [0.2, 0.25) is 0 Å². The summed E-state index contributed by atoms with van der Waals surface area (Å²) >= 11 is 0. The molecule has 0 spiro atoms. The molecule has 2 heterocycles. The maximum atomic E-state index is 12.7. The molecule has 0 aliphatic heterocycles. The number of carbonyl (C=O) groups excluding carboxylic acids is 1. The van der Waals surface area contributed by atoms with Crippen molar-refractivity contribution < 1.29 is 9.53 Å². The lowest BCUT2D eigenvalue weighted by Gasteiger charge is -2.07. The Bertz CT molecular complexity index is 1340. The molecule has 1 aromatic carbocycles. The van der Waals surface area contributed by atoms with Gasteiger partial charge in [-0.15, -0.1) is 6.42 Å². The first-order valence-corrected chi connectivity index (χ1v) is 9.17. The highest BCUT2D eigenvalue weighted by atomic mass is 16.5. The number of nitrogens with zero attached hydrogens (tertiary/aromatic N) is 4. The summed E-state index contributed by atoms with van der Waals surface area (Å²) in [6, 6.07) is 7.13. The quantitative estimate of drug-likeness (QED) is 0.461. The molecule has 0 N–H and O–H groups in total. The molecule has 8 nitrogen and oxygen atoms in total. The molecule has 0 aliphatic rings. The van der Waals surface area contributed by atoms with Crippen LogP contribution >= 0.6 is 0 Å². The van der Waals surface area contributed by atoms with Gasteiger partial charge in [-0.3, -0.25) is 9.36 Å². The van der Waals surface area contributed by atoms with Crippen molar-refractivity contribution in [2.45, 2.75) is 13.5 Å². The second-order valence-electron chi connectivity index (χ2n) is 6.81. The highest BCUT2D eigenvalue weighted by molar-refractivity contribution is 5.72. The number of fused-ring (bicyclic) bond motifs is 1. The van der Waals surface area contributed by atoms with Gasteiger partial charge in [0, 0.05) is 25.6 Å². The van der Waals surface area contributed by atoms with Gasteiger partial charge in [-0.1, -0.05) is 24.8 Å². The molecule has 3 aromatic rings. The molecule has 0 fully saturated rings. The molecule has 8 heteroatoms. The number of hydrogen-bond acceptors (Lipinski definition) is 5. The zero-order valence-corrected chi connectivity index (χ0v) is 16.9. The summed E-state index contributed by atoms with van der Waals surface area (Å²) in [6.45, 7) is 1.93. The van der Waals surface area contributed by atoms with Gasteiger partial charge in [-0.25, -0.2) is 14.3 Å². The van der Waals surface area contributed by atoms with Gasteiger partial charge in [-0.2, -0.15) is 0 Å². The Hall–Kier alpha value is -4.04. The highest BCUT2D eigenvalue weighted by Gasteiger charge is 2.17. The van der Waals surface area contributed by atoms with Gasteiger partial charge < -0.3 is 14.1 Å². The van der Waals surface area contributed by atoms with E-state index in [1.807, 2.05) is 0 Å². The molecule has 0 radical (unpaired) electrons. The van der Waals surface area contributed by atoms with Crippen LogP contribution in [0.25, 0.3) is 11.2 Å². The number of benzene rings is 1. The van der Waals surface area contributed by atoms with E-state index in [4.69, 9.17) is 11.2 Å². The second-order valence-corrected chi connectivity index (χ2v) is 6.81.